The summed E-state index contributed by atoms with van der Waals surface area (Å²) in [6.07, 6.45) is -1.83. The summed E-state index contributed by atoms with van der Waals surface area (Å²) in [6, 6.07) is 0. The van der Waals surface area contributed by atoms with Crippen LogP contribution >= 0.6 is 0 Å². The second-order valence-corrected chi connectivity index (χ2v) is 1.63. The molecule has 0 rings (SSSR count). The van der Waals surface area contributed by atoms with Gasteiger partial charge in [-0.2, -0.15) is 8.42 Å². The van der Waals surface area contributed by atoms with Crippen molar-refractivity contribution in [2.75, 3.05) is 0 Å². The summed E-state index contributed by atoms with van der Waals surface area (Å²) < 4.78 is 31.6. The van der Waals surface area contributed by atoms with Crippen LogP contribution in [-0.2, 0) is 10.4 Å². The Morgan fingerprint density at radius 2 is 1.09 bits per heavy atom. The van der Waals surface area contributed by atoms with Crippen LogP contribution in [0.2, 0.25) is 0 Å². The molecule has 0 fully saturated rings. The fraction of sp³-hybridized carbons (Fsp3) is 0. The van der Waals surface area contributed by atoms with Crippen molar-refractivity contribution < 1.29 is 32.5 Å². The number of carbonyl (C=O) groups is 1. The van der Waals surface area contributed by atoms with Crippen molar-refractivity contribution in [2.24, 2.45) is 0 Å². The van der Waals surface area contributed by atoms with Gasteiger partial charge < -0.3 is 10.2 Å². The predicted molar refractivity (Wildman–Crippen MR) is 40.5 cm³/mol. The first-order chi connectivity index (χ1) is 3.73. The van der Waals surface area contributed by atoms with Crippen molar-refractivity contribution >= 4 is 91.0 Å². The summed E-state index contributed by atoms with van der Waals surface area (Å²) in [5.74, 6) is 0. The third-order valence-electron chi connectivity index (χ3n) is 0. The molecule has 4 N–H and O–H groups in total. The number of hydrogen-bond donors (Lipinski definition) is 4. The van der Waals surface area contributed by atoms with Crippen LogP contribution in [-0.4, -0.2) is 108 Å². The van der Waals surface area contributed by atoms with Crippen LogP contribution in [0.5, 0.6) is 0 Å². The number of rotatable bonds is 0. The molecule has 0 heterocycles. The van der Waals surface area contributed by atoms with E-state index in [1.54, 1.807) is 0 Å². The predicted octanol–water partition coefficient (Wildman–Crippen LogP) is -2.00. The molecule has 0 aromatic heterocycles. The molecule has 0 saturated heterocycles. The molecule has 0 amide bonds. The molecule has 0 radical (unpaired) electrons. The first-order valence-corrected chi connectivity index (χ1v) is 2.75. The molecule has 62 valence electrons. The van der Waals surface area contributed by atoms with Crippen LogP contribution in [0.25, 0.3) is 0 Å². The van der Waals surface area contributed by atoms with E-state index in [1.165, 1.54) is 0 Å². The third-order valence-corrected chi connectivity index (χ3v) is 0. The van der Waals surface area contributed by atoms with E-state index in [4.69, 9.17) is 32.5 Å². The van der Waals surface area contributed by atoms with Crippen LogP contribution in [0.4, 0.5) is 4.79 Å². The van der Waals surface area contributed by atoms with Gasteiger partial charge in [0.05, 0.1) is 0 Å². The Kier molecular flexibility index (Phi) is 24.0. The Balaban J connectivity index is -0.0000000383. The van der Waals surface area contributed by atoms with E-state index in [9.17, 15) is 0 Å². The summed E-state index contributed by atoms with van der Waals surface area (Å²) in [7, 11) is -4.67. The van der Waals surface area contributed by atoms with Crippen molar-refractivity contribution in [2.45, 2.75) is 0 Å². The summed E-state index contributed by atoms with van der Waals surface area (Å²) in [6.45, 7) is 0. The summed E-state index contributed by atoms with van der Waals surface area (Å²) in [4.78, 5) is 8.56. The molecule has 10 heteroatoms. The van der Waals surface area contributed by atoms with Gasteiger partial charge in [-0.15, -0.1) is 0 Å². The van der Waals surface area contributed by atoms with Gasteiger partial charge in [0.2, 0.25) is 0 Å². The van der Waals surface area contributed by atoms with Crippen molar-refractivity contribution in [1.29, 1.82) is 0 Å². The van der Waals surface area contributed by atoms with Gasteiger partial charge in [-0.05, 0) is 0 Å². The van der Waals surface area contributed by atoms with Crippen LogP contribution < -0.4 is 0 Å². The van der Waals surface area contributed by atoms with Gasteiger partial charge in [-0.1, -0.05) is 0 Å². The van der Waals surface area contributed by atoms with E-state index in [2.05, 4.69) is 0 Å². The van der Waals surface area contributed by atoms with Crippen LogP contribution in [0, 0.1) is 0 Å². The van der Waals surface area contributed by atoms with Crippen molar-refractivity contribution in [3.8, 4) is 0 Å². The molecule has 0 unspecified atom stereocenters. The molecule has 0 bridgehead atoms. The molecular weight excluding hydrogens is 219 g/mol. The molecular formula is CH7KMgO7S. The fourth-order valence-corrected chi connectivity index (χ4v) is 0. The monoisotopic (exact) mass is 226 g/mol. The van der Waals surface area contributed by atoms with Gasteiger partial charge in [0.1, 0.15) is 0 Å². The third kappa shape index (κ3) is 442. The molecule has 0 aliphatic heterocycles. The maximum Gasteiger partial charge on any atom is 0.316 e. The van der Waals surface area contributed by atoms with Crippen molar-refractivity contribution in [3.05, 3.63) is 0 Å². The second-order valence-electron chi connectivity index (χ2n) is 0.730. The zero-order valence-electron chi connectivity index (χ0n) is 3.92. The summed E-state index contributed by atoms with van der Waals surface area (Å²) in [5.41, 5.74) is 0. The van der Waals surface area contributed by atoms with Gasteiger partial charge in [-0.25, -0.2) is 4.79 Å². The minimum absolute atomic E-state index is 0. The molecule has 0 aliphatic rings. The maximum atomic E-state index is 8.74. The van der Waals surface area contributed by atoms with Crippen LogP contribution in [0.15, 0.2) is 0 Å². The average Bonchev–Trinajstić information content (AvgIpc) is 1.19. The molecule has 0 saturated carbocycles. The molecule has 0 spiro atoms. The molecule has 0 atom stereocenters. The second kappa shape index (κ2) is 11.5. The Labute approximate surface area is 121 Å². The zero-order chi connectivity index (χ0) is 8.08. The van der Waals surface area contributed by atoms with Gasteiger partial charge in [-0.3, -0.25) is 9.11 Å². The quantitative estimate of drug-likeness (QED) is 0.277. The molecule has 0 aliphatic carbocycles. The van der Waals surface area contributed by atoms with Crippen LogP contribution in [0.3, 0.4) is 0 Å². The summed E-state index contributed by atoms with van der Waals surface area (Å²) in [5, 5.41) is 13.9. The Hall–Kier alpha value is 1.54. The molecule has 0 aromatic carbocycles. The largest absolute Gasteiger partial charge is 0.316 e. The maximum absolute atomic E-state index is 8.74. The van der Waals surface area contributed by atoms with Crippen molar-refractivity contribution in [1.82, 2.24) is 0 Å². The summed E-state index contributed by atoms with van der Waals surface area (Å²) >= 11 is 0. The van der Waals surface area contributed by atoms with E-state index in [-0.39, 0.29) is 74.4 Å². The van der Waals surface area contributed by atoms with Gasteiger partial charge in [0.25, 0.3) is 0 Å². The topological polar surface area (TPSA) is 132 Å². The minimum Gasteiger partial charge on any atom is 0.316 e. The van der Waals surface area contributed by atoms with Crippen LogP contribution in [0.1, 0.15) is 0 Å². The Morgan fingerprint density at radius 1 is 1.09 bits per heavy atom. The van der Waals surface area contributed by atoms with E-state index >= 15 is 0 Å². The number of hydrogen-bond acceptors (Lipinski definition) is 3. The SMILES string of the molecule is O=C(O)O.O=S(=O)(O)O.[KH].[MgH2]. The zero-order valence-corrected chi connectivity index (χ0v) is 4.74. The van der Waals surface area contributed by atoms with Gasteiger partial charge in [0, 0.05) is 0 Å². The van der Waals surface area contributed by atoms with Crippen molar-refractivity contribution in [3.63, 3.8) is 0 Å². The van der Waals surface area contributed by atoms with E-state index < -0.39 is 16.6 Å². The normalized spacial score (nSPS) is 7.45. The average molecular weight is 227 g/mol. The van der Waals surface area contributed by atoms with Gasteiger partial charge >= 0.3 is 91.0 Å². The fourth-order valence-electron chi connectivity index (χ4n) is 0. The standard InChI is InChI=1S/CH2O3.K.Mg.H2O4S.3H/c2-1(3)4;;;1-5(2,3)4;;;/h(H2,2,3,4);;;(H2,1,2,3,4);;;. The number of carboxylic acid groups (broad SMARTS) is 2. The van der Waals surface area contributed by atoms with E-state index in [0.717, 1.165) is 0 Å². The van der Waals surface area contributed by atoms with E-state index in [1.807, 2.05) is 0 Å². The molecule has 11 heavy (non-hydrogen) atoms. The first-order valence-electron chi connectivity index (χ1n) is 1.35. The Morgan fingerprint density at radius 3 is 1.09 bits per heavy atom. The van der Waals surface area contributed by atoms with Gasteiger partial charge in [0.15, 0.2) is 0 Å². The minimum atomic E-state index is -4.67. The van der Waals surface area contributed by atoms with E-state index in [0.29, 0.717) is 0 Å². The molecule has 7 nitrogen and oxygen atoms in total. The Bertz CT molecular complexity index is 161. The molecule has 0 aromatic rings. The smallest absolute Gasteiger partial charge is 0.316 e. The first kappa shape index (κ1) is 22.9.